The fraction of sp³-hybridized carbons (Fsp3) is 0.259. The van der Waals surface area contributed by atoms with Crippen LogP contribution in [0.3, 0.4) is 0 Å². The Morgan fingerprint density at radius 3 is 2.45 bits per heavy atom. The summed E-state index contributed by atoms with van der Waals surface area (Å²) in [6, 6.07) is 11.5. The number of hydrogen-bond acceptors (Lipinski definition) is 8. The van der Waals surface area contributed by atoms with E-state index in [0.717, 1.165) is 16.9 Å². The van der Waals surface area contributed by atoms with Crippen molar-refractivity contribution >= 4 is 65.6 Å². The first-order valence-corrected chi connectivity index (χ1v) is 16.6. The molecule has 206 valence electrons. The van der Waals surface area contributed by atoms with Gasteiger partial charge in [-0.3, -0.25) is 9.59 Å². The number of fused-ring (bicyclic) bond motifs is 2. The smallest absolute Gasteiger partial charge is 0.748 e. The average Bonchev–Trinajstić information content (AvgIpc) is 3.19. The second kappa shape index (κ2) is 12.6. The Bertz CT molecular complexity index is 1660. The predicted molar refractivity (Wildman–Crippen MR) is 157 cm³/mol. The summed E-state index contributed by atoms with van der Waals surface area (Å²) in [4.78, 5) is 26.2. The van der Waals surface area contributed by atoms with E-state index in [4.69, 9.17) is 0 Å². The van der Waals surface area contributed by atoms with Gasteiger partial charge in [0.1, 0.15) is 4.91 Å². The SMILES string of the molecule is CC1(C)C(=CC=CC=C2C(=O)c3ccccc3S2(=O)=O)N(CCCS(=O)(=O)[O-])c2ccc(NC(=O)CI)cc21.[Na+]. The Balaban J connectivity index is 0.00000441. The molecule has 0 saturated carbocycles. The van der Waals surface area contributed by atoms with Crippen LogP contribution in [0.1, 0.15) is 36.2 Å². The number of hydrogen-bond donors (Lipinski definition) is 1. The van der Waals surface area contributed by atoms with Crippen LogP contribution in [-0.4, -0.2) is 49.8 Å². The van der Waals surface area contributed by atoms with Gasteiger partial charge in [-0.25, -0.2) is 16.8 Å². The predicted octanol–water partition coefficient (Wildman–Crippen LogP) is 1.09. The van der Waals surface area contributed by atoms with Gasteiger partial charge in [-0.05, 0) is 54.5 Å². The van der Waals surface area contributed by atoms with Crippen molar-refractivity contribution in [3.63, 3.8) is 0 Å². The van der Waals surface area contributed by atoms with Gasteiger partial charge in [0.05, 0.1) is 19.4 Å². The van der Waals surface area contributed by atoms with E-state index in [1.54, 1.807) is 30.4 Å². The van der Waals surface area contributed by atoms with Crippen LogP contribution < -0.4 is 39.8 Å². The van der Waals surface area contributed by atoms with E-state index in [0.29, 0.717) is 10.1 Å². The molecule has 40 heavy (non-hydrogen) atoms. The topological polar surface area (TPSA) is 141 Å². The van der Waals surface area contributed by atoms with Gasteiger partial charge in [0.2, 0.25) is 21.5 Å². The van der Waals surface area contributed by atoms with Crippen LogP contribution in [0, 0.1) is 0 Å². The average molecular weight is 705 g/mol. The van der Waals surface area contributed by atoms with Gasteiger partial charge in [-0.1, -0.05) is 60.7 Å². The quantitative estimate of drug-likeness (QED) is 0.142. The Morgan fingerprint density at radius 2 is 1.80 bits per heavy atom. The monoisotopic (exact) mass is 704 g/mol. The molecule has 0 unspecified atom stereocenters. The molecule has 0 aliphatic carbocycles. The molecule has 2 aliphatic rings. The fourth-order valence-electron chi connectivity index (χ4n) is 4.80. The van der Waals surface area contributed by atoms with Crippen LogP contribution in [0.15, 0.2) is 82.3 Å². The molecular weight excluding hydrogens is 678 g/mol. The zero-order valence-corrected chi connectivity index (χ0v) is 28.0. The molecule has 0 atom stereocenters. The molecule has 2 aromatic rings. The van der Waals surface area contributed by atoms with E-state index < -0.39 is 36.9 Å². The van der Waals surface area contributed by atoms with E-state index in [1.807, 2.05) is 53.5 Å². The molecule has 2 heterocycles. The summed E-state index contributed by atoms with van der Waals surface area (Å²) in [5.41, 5.74) is 2.65. The molecule has 0 spiro atoms. The number of rotatable bonds is 8. The van der Waals surface area contributed by atoms with Crippen molar-refractivity contribution in [2.75, 3.05) is 26.9 Å². The zero-order chi connectivity index (χ0) is 28.6. The van der Waals surface area contributed by atoms with Crippen LogP contribution in [0.5, 0.6) is 0 Å². The molecular formula is C27H26IN2NaO7S2. The third kappa shape index (κ3) is 6.63. The molecule has 0 radical (unpaired) electrons. The van der Waals surface area contributed by atoms with Gasteiger partial charge >= 0.3 is 29.6 Å². The molecule has 4 rings (SSSR count). The van der Waals surface area contributed by atoms with Crippen LogP contribution in [0.4, 0.5) is 11.4 Å². The van der Waals surface area contributed by atoms with Crippen molar-refractivity contribution in [1.82, 2.24) is 0 Å². The molecule has 0 aromatic heterocycles. The molecule has 13 heteroatoms. The van der Waals surface area contributed by atoms with Gasteiger partial charge in [-0.2, -0.15) is 0 Å². The molecule has 0 saturated heterocycles. The maximum Gasteiger partial charge on any atom is 1.00 e. The summed E-state index contributed by atoms with van der Waals surface area (Å²) in [7, 11) is -8.29. The summed E-state index contributed by atoms with van der Waals surface area (Å²) >= 11 is 1.97. The first-order chi connectivity index (χ1) is 18.3. The van der Waals surface area contributed by atoms with Gasteiger partial charge in [0, 0.05) is 40.3 Å². The summed E-state index contributed by atoms with van der Waals surface area (Å²) in [6.07, 6.45) is 6.25. The molecule has 1 N–H and O–H groups in total. The minimum atomic E-state index is -4.39. The zero-order valence-electron chi connectivity index (χ0n) is 22.2. The Morgan fingerprint density at radius 1 is 1.12 bits per heavy atom. The maximum atomic E-state index is 12.8. The number of allylic oxidation sites excluding steroid dienone is 6. The fourth-order valence-corrected chi connectivity index (χ4v) is 7.03. The van der Waals surface area contributed by atoms with Crippen molar-refractivity contribution in [2.24, 2.45) is 0 Å². The van der Waals surface area contributed by atoms with Crippen molar-refractivity contribution < 1.29 is 60.5 Å². The molecule has 2 aromatic carbocycles. The first kappa shape index (κ1) is 32.7. The third-order valence-corrected chi connectivity index (χ3v) is 9.94. The Labute approximate surface area is 269 Å². The Kier molecular flexibility index (Phi) is 10.3. The van der Waals surface area contributed by atoms with Crippen LogP contribution >= 0.6 is 22.6 Å². The minimum absolute atomic E-state index is 0. The van der Waals surface area contributed by atoms with Crippen molar-refractivity contribution in [1.29, 1.82) is 0 Å². The summed E-state index contributed by atoms with van der Waals surface area (Å²) in [5, 5.41) is 2.84. The summed E-state index contributed by atoms with van der Waals surface area (Å²) < 4.78 is 59.6. The van der Waals surface area contributed by atoms with Crippen LogP contribution in [0.2, 0.25) is 0 Å². The minimum Gasteiger partial charge on any atom is -0.748 e. The van der Waals surface area contributed by atoms with E-state index in [9.17, 15) is 31.0 Å². The standard InChI is InChI=1S/C27H27IN2O7S2.Na/c1-27(2)20-16-18(29-25(31)17-28)12-13-21(20)30(14-7-15-38(33,34)35)24(27)11-6-5-10-23-26(32)19-8-3-4-9-22(19)39(23,36)37;/h3-6,8-13,16H,7,14-15,17H2,1-2H3,(H,29,31)(H,33,34,35);/q;+1/p-1. The number of anilines is 2. The Hall–Kier alpha value is -1.81. The number of carbonyl (C=O) groups is 2. The molecule has 9 nitrogen and oxygen atoms in total. The number of alkyl halides is 1. The van der Waals surface area contributed by atoms with Crippen molar-refractivity contribution in [2.45, 2.75) is 30.6 Å². The number of nitrogens with one attached hydrogen (secondary N) is 1. The second-order valence-corrected chi connectivity index (χ2v) is 13.8. The first-order valence-electron chi connectivity index (χ1n) is 12.0. The number of benzene rings is 2. The van der Waals surface area contributed by atoms with E-state index in [1.165, 1.54) is 24.3 Å². The van der Waals surface area contributed by atoms with Crippen LogP contribution in [0.25, 0.3) is 0 Å². The van der Waals surface area contributed by atoms with E-state index >= 15 is 0 Å². The largest absolute Gasteiger partial charge is 1.00 e. The number of halogens is 1. The molecule has 0 fully saturated rings. The summed E-state index contributed by atoms with van der Waals surface area (Å²) in [5.74, 6) is -1.22. The normalized spacial score (nSPS) is 19.1. The number of sulfone groups is 1. The number of amides is 1. The van der Waals surface area contributed by atoms with Gasteiger partial charge in [0.25, 0.3) is 0 Å². The van der Waals surface area contributed by atoms with E-state index in [2.05, 4.69) is 5.32 Å². The summed E-state index contributed by atoms with van der Waals surface area (Å²) in [6.45, 7) is 4.19. The molecule has 0 bridgehead atoms. The van der Waals surface area contributed by atoms with Gasteiger partial charge in [-0.15, -0.1) is 0 Å². The van der Waals surface area contributed by atoms with Gasteiger partial charge in [0.15, 0.2) is 0 Å². The van der Waals surface area contributed by atoms with Crippen molar-refractivity contribution in [3.05, 3.63) is 88.5 Å². The number of Topliss-reactive ketones (excluding diaryl/α,β-unsaturated/α-hetero) is 1. The number of carbonyl (C=O) groups excluding carboxylic acids is 2. The second-order valence-electron chi connectivity index (χ2n) is 9.60. The van der Waals surface area contributed by atoms with Gasteiger partial charge < -0.3 is 14.8 Å². The van der Waals surface area contributed by atoms with Crippen LogP contribution in [-0.2, 0) is 30.2 Å². The molecule has 2 aliphatic heterocycles. The molecule has 1 amide bonds. The number of nitrogens with zero attached hydrogens (tertiary/aromatic N) is 1. The number of ketones is 1. The third-order valence-electron chi connectivity index (χ3n) is 6.62. The van der Waals surface area contributed by atoms with Crippen molar-refractivity contribution in [3.8, 4) is 0 Å². The van der Waals surface area contributed by atoms with E-state index in [-0.39, 0.29) is 63.8 Å². The maximum absolute atomic E-state index is 12.8.